The molecule has 22 heavy (non-hydrogen) atoms. The molecule has 7 heteroatoms. The number of amides is 1. The minimum atomic E-state index is -1.01. The summed E-state index contributed by atoms with van der Waals surface area (Å²) < 4.78 is 31.3. The molecule has 1 aromatic heterocycles. The van der Waals surface area contributed by atoms with E-state index in [9.17, 15) is 13.6 Å². The highest BCUT2D eigenvalue weighted by Crippen LogP contribution is 2.23. The molecular formula is C15H10F2N2O2S. The first-order chi connectivity index (χ1) is 10.6. The van der Waals surface area contributed by atoms with Gasteiger partial charge in [-0.1, -0.05) is 23.9 Å². The average Bonchev–Trinajstić information content (AvgIpc) is 2.92. The molecule has 0 aliphatic heterocycles. The van der Waals surface area contributed by atoms with Crippen molar-refractivity contribution in [2.75, 3.05) is 11.1 Å². The molecule has 0 spiro atoms. The lowest BCUT2D eigenvalue weighted by atomic mass is 10.3. The smallest absolute Gasteiger partial charge is 0.257 e. The fraction of sp³-hybridized carbons (Fsp3) is 0.0667. The predicted octanol–water partition coefficient (Wildman–Crippen LogP) is 3.84. The molecule has 0 fully saturated rings. The molecule has 1 amide bonds. The summed E-state index contributed by atoms with van der Waals surface area (Å²) in [7, 11) is 0. The van der Waals surface area contributed by atoms with Crippen molar-refractivity contribution in [1.82, 2.24) is 4.98 Å². The van der Waals surface area contributed by atoms with Crippen LogP contribution >= 0.6 is 11.8 Å². The number of fused-ring (bicyclic) bond motifs is 1. The lowest BCUT2D eigenvalue weighted by Crippen LogP contribution is -2.14. The Balaban J connectivity index is 1.60. The molecule has 1 N–H and O–H groups in total. The normalized spacial score (nSPS) is 10.8. The van der Waals surface area contributed by atoms with Crippen LogP contribution in [0.3, 0.4) is 0 Å². The van der Waals surface area contributed by atoms with E-state index in [4.69, 9.17) is 4.42 Å². The van der Waals surface area contributed by atoms with Crippen molar-refractivity contribution in [3.05, 3.63) is 54.1 Å². The molecule has 1 heterocycles. The first-order valence-corrected chi connectivity index (χ1v) is 7.33. The Hall–Kier alpha value is -2.41. The zero-order chi connectivity index (χ0) is 15.5. The number of oxazole rings is 1. The van der Waals surface area contributed by atoms with Gasteiger partial charge < -0.3 is 9.73 Å². The summed E-state index contributed by atoms with van der Waals surface area (Å²) >= 11 is 1.12. The zero-order valence-corrected chi connectivity index (χ0v) is 12.0. The lowest BCUT2D eigenvalue weighted by molar-refractivity contribution is -0.113. The maximum Gasteiger partial charge on any atom is 0.257 e. The number of para-hydroxylation sites is 2. The molecule has 0 atom stereocenters. The van der Waals surface area contributed by atoms with Gasteiger partial charge in [0.1, 0.15) is 5.52 Å². The third kappa shape index (κ3) is 3.25. The second-order valence-corrected chi connectivity index (χ2v) is 5.34. The fourth-order valence-electron chi connectivity index (χ4n) is 1.81. The molecule has 0 saturated heterocycles. The molecule has 112 valence electrons. The largest absolute Gasteiger partial charge is 0.431 e. The molecule has 3 aromatic rings. The second kappa shape index (κ2) is 6.15. The summed E-state index contributed by atoms with van der Waals surface area (Å²) in [6.07, 6.45) is 0. The highest BCUT2D eigenvalue weighted by Gasteiger charge is 2.10. The van der Waals surface area contributed by atoms with Gasteiger partial charge in [0, 0.05) is 11.8 Å². The summed E-state index contributed by atoms with van der Waals surface area (Å²) in [5.41, 5.74) is 1.55. The highest BCUT2D eigenvalue weighted by atomic mass is 32.2. The zero-order valence-electron chi connectivity index (χ0n) is 11.2. The van der Waals surface area contributed by atoms with E-state index >= 15 is 0 Å². The number of rotatable bonds is 4. The van der Waals surface area contributed by atoms with Crippen LogP contribution in [-0.2, 0) is 4.79 Å². The Morgan fingerprint density at radius 2 is 2.00 bits per heavy atom. The van der Waals surface area contributed by atoms with Gasteiger partial charge in [0.2, 0.25) is 5.91 Å². The van der Waals surface area contributed by atoms with Gasteiger partial charge in [-0.2, -0.15) is 0 Å². The van der Waals surface area contributed by atoms with Crippen molar-refractivity contribution in [2.45, 2.75) is 5.22 Å². The number of thioether (sulfide) groups is 1. The van der Waals surface area contributed by atoms with Gasteiger partial charge in [0.15, 0.2) is 17.2 Å². The van der Waals surface area contributed by atoms with Gasteiger partial charge in [-0.3, -0.25) is 4.79 Å². The van der Waals surface area contributed by atoms with Crippen LogP contribution in [-0.4, -0.2) is 16.6 Å². The lowest BCUT2D eigenvalue weighted by Gasteiger charge is -2.04. The van der Waals surface area contributed by atoms with Gasteiger partial charge in [-0.25, -0.2) is 13.8 Å². The van der Waals surface area contributed by atoms with Crippen molar-refractivity contribution in [2.24, 2.45) is 0 Å². The summed E-state index contributed by atoms with van der Waals surface area (Å²) in [4.78, 5) is 16.0. The molecule has 0 aliphatic rings. The molecule has 0 unspecified atom stereocenters. The Morgan fingerprint density at radius 1 is 1.18 bits per heavy atom. The Labute approximate surface area is 128 Å². The van der Waals surface area contributed by atoms with Crippen LogP contribution in [0.2, 0.25) is 0 Å². The molecule has 2 aromatic carbocycles. The fourth-order valence-corrected chi connectivity index (χ4v) is 2.45. The van der Waals surface area contributed by atoms with Crippen LogP contribution in [0, 0.1) is 11.6 Å². The van der Waals surface area contributed by atoms with Crippen LogP contribution in [0.5, 0.6) is 0 Å². The van der Waals surface area contributed by atoms with E-state index < -0.39 is 11.6 Å². The third-order valence-corrected chi connectivity index (χ3v) is 3.63. The number of halogens is 2. The number of nitrogens with zero attached hydrogens (tertiary/aromatic N) is 1. The van der Waals surface area contributed by atoms with E-state index in [1.807, 2.05) is 18.2 Å². The SMILES string of the molecule is O=C(CSc1nc2ccccc2o1)Nc1ccc(F)c(F)c1. The maximum absolute atomic E-state index is 13.0. The summed E-state index contributed by atoms with van der Waals surface area (Å²) in [5.74, 6) is -2.28. The van der Waals surface area contributed by atoms with Crippen molar-refractivity contribution in [3.63, 3.8) is 0 Å². The number of nitrogens with one attached hydrogen (secondary N) is 1. The van der Waals surface area contributed by atoms with E-state index in [2.05, 4.69) is 10.3 Å². The molecule has 0 bridgehead atoms. The molecule has 0 radical (unpaired) electrons. The van der Waals surface area contributed by atoms with Crippen LogP contribution in [0.25, 0.3) is 11.1 Å². The predicted molar refractivity (Wildman–Crippen MR) is 79.7 cm³/mol. The number of hydrogen-bond acceptors (Lipinski definition) is 4. The number of anilines is 1. The number of benzene rings is 2. The summed E-state index contributed by atoms with van der Waals surface area (Å²) in [6, 6.07) is 10.4. The molecule has 4 nitrogen and oxygen atoms in total. The van der Waals surface area contributed by atoms with Crippen molar-refractivity contribution >= 4 is 34.5 Å². The van der Waals surface area contributed by atoms with Crippen LogP contribution in [0.15, 0.2) is 52.1 Å². The third-order valence-electron chi connectivity index (χ3n) is 2.80. The van der Waals surface area contributed by atoms with Crippen LogP contribution in [0.4, 0.5) is 14.5 Å². The van der Waals surface area contributed by atoms with Crippen LogP contribution in [0.1, 0.15) is 0 Å². The quantitative estimate of drug-likeness (QED) is 0.742. The Kier molecular flexibility index (Phi) is 4.06. The topological polar surface area (TPSA) is 55.1 Å². The minimum absolute atomic E-state index is 0.0474. The van der Waals surface area contributed by atoms with Crippen molar-refractivity contribution in [1.29, 1.82) is 0 Å². The van der Waals surface area contributed by atoms with Crippen molar-refractivity contribution < 1.29 is 18.0 Å². The first-order valence-electron chi connectivity index (χ1n) is 6.35. The van der Waals surface area contributed by atoms with Gasteiger partial charge in [-0.15, -0.1) is 0 Å². The van der Waals surface area contributed by atoms with E-state index in [0.717, 1.165) is 23.9 Å². The number of aromatic nitrogens is 1. The number of carbonyl (C=O) groups excluding carboxylic acids is 1. The Bertz CT molecular complexity index is 802. The molecule has 3 rings (SSSR count). The second-order valence-electron chi connectivity index (χ2n) is 4.41. The van der Waals surface area contributed by atoms with Gasteiger partial charge >= 0.3 is 0 Å². The van der Waals surface area contributed by atoms with Gasteiger partial charge in [0.05, 0.1) is 5.75 Å². The van der Waals surface area contributed by atoms with E-state index in [-0.39, 0.29) is 17.3 Å². The number of carbonyl (C=O) groups is 1. The van der Waals surface area contributed by atoms with Gasteiger partial charge in [-0.05, 0) is 24.3 Å². The van der Waals surface area contributed by atoms with E-state index in [0.29, 0.717) is 16.3 Å². The van der Waals surface area contributed by atoms with E-state index in [1.54, 1.807) is 6.07 Å². The maximum atomic E-state index is 13.0. The highest BCUT2D eigenvalue weighted by molar-refractivity contribution is 7.99. The first kappa shape index (κ1) is 14.5. The average molecular weight is 320 g/mol. The summed E-state index contributed by atoms with van der Waals surface area (Å²) in [6.45, 7) is 0. The summed E-state index contributed by atoms with van der Waals surface area (Å²) in [5, 5.41) is 2.85. The standard InChI is InChI=1S/C15H10F2N2O2S/c16-10-6-5-9(7-11(10)17)18-14(20)8-22-15-19-12-3-1-2-4-13(12)21-15/h1-7H,8H2,(H,18,20). The van der Waals surface area contributed by atoms with Gasteiger partial charge in [0.25, 0.3) is 5.22 Å². The monoisotopic (exact) mass is 320 g/mol. The van der Waals surface area contributed by atoms with Crippen molar-refractivity contribution in [3.8, 4) is 0 Å². The van der Waals surface area contributed by atoms with E-state index in [1.165, 1.54) is 6.07 Å². The minimum Gasteiger partial charge on any atom is -0.431 e. The number of hydrogen-bond donors (Lipinski definition) is 1. The molecule has 0 aliphatic carbocycles. The molecule has 0 saturated carbocycles. The molecular weight excluding hydrogens is 310 g/mol. The Morgan fingerprint density at radius 3 is 2.77 bits per heavy atom. The van der Waals surface area contributed by atoms with Crippen LogP contribution < -0.4 is 5.32 Å².